The van der Waals surface area contributed by atoms with Crippen molar-refractivity contribution in [1.82, 2.24) is 10.6 Å². The minimum absolute atomic E-state index is 0.122. The predicted molar refractivity (Wildman–Crippen MR) is 337 cm³/mol. The summed E-state index contributed by atoms with van der Waals surface area (Å²) < 4.78 is 72.9. The van der Waals surface area contributed by atoms with Crippen molar-refractivity contribution in [2.75, 3.05) is 0 Å². The molecule has 4 aliphatic heterocycles. The molecule has 18 nitrogen and oxygen atoms in total. The molecule has 2 aromatic rings. The van der Waals surface area contributed by atoms with Crippen LogP contribution in [0.15, 0.2) is 45.3 Å². The van der Waals surface area contributed by atoms with Gasteiger partial charge in [0.15, 0.2) is 0 Å². The highest BCUT2D eigenvalue weighted by Crippen LogP contribution is 2.43. The number of halogens is 2. The second-order valence-corrected chi connectivity index (χ2v) is 31.8. The van der Waals surface area contributed by atoms with Crippen molar-refractivity contribution >= 4 is 95.2 Å². The average Bonchev–Trinajstić information content (AvgIpc) is 2.19. The number of hydrogen-bond donors (Lipinski definition) is 2. The van der Waals surface area contributed by atoms with E-state index < -0.39 is 109 Å². The Bertz CT molecular complexity index is 2570. The van der Waals surface area contributed by atoms with E-state index in [0.29, 0.717) is 0 Å². The van der Waals surface area contributed by atoms with Gasteiger partial charge in [-0.25, -0.2) is 19.2 Å². The maximum Gasteiger partial charge on any atom is 0.495 e. The first-order valence-corrected chi connectivity index (χ1v) is 30.5. The van der Waals surface area contributed by atoms with Crippen LogP contribution >= 0.6 is 31.9 Å². The molecule has 4 heterocycles. The summed E-state index contributed by atoms with van der Waals surface area (Å²) in [5, 5.41) is 5.34. The molecular weight excluding hydrogens is 1210 g/mol. The molecule has 4 saturated heterocycles. The van der Waals surface area contributed by atoms with Crippen molar-refractivity contribution in [2.24, 2.45) is 0 Å². The number of carbonyl (C=O) groups excluding carboxylic acids is 4. The topological polar surface area (TPSA) is 203 Å². The molecule has 2 N–H and O–H groups in total. The largest absolute Gasteiger partial charge is 0.495 e. The first-order chi connectivity index (χ1) is 37.5. The second-order valence-electron chi connectivity index (χ2n) is 30.0. The lowest BCUT2D eigenvalue weighted by Gasteiger charge is -2.32. The van der Waals surface area contributed by atoms with Crippen LogP contribution in [-0.4, -0.2) is 132 Å². The number of esters is 2. The maximum atomic E-state index is 13.3. The number of ether oxygens (including phenoxy) is 4. The standard InChI is InChI=1S/C30H49B2NO8.C18H25Br2NO4.C12H24B2O4/c1-25(2,3)36-23(34)22(33-24(35)37-26(4,5)6)17-19-15-16-20(31-38-27(7,8)28(9,10)39-31)18-21(19)32-40-29(11,12)30(13,14)41-32;1-17(2,3)24-15(22)14(21-16(23)25-18(4,5)6)9-11-7-8-12(19)10-13(11)20;1-9(2)10(3,4)16-13(15-9)14-17-11(5,6)12(7,8)18-14/h15-16,18,22H,17H2,1-14H3,(H,33,35);7-8,10,14H,9H2,1-6H3,(H,21,23);1-8H3/t22-;14-;/m00./s1. The van der Waals surface area contributed by atoms with Gasteiger partial charge in [-0.3, -0.25) is 0 Å². The minimum atomic E-state index is -1.02. The molecule has 6 rings (SSSR count). The number of rotatable bonds is 11. The minimum Gasteiger partial charge on any atom is -0.458 e. The molecule has 2 atom stereocenters. The Morgan fingerprint density at radius 3 is 1.05 bits per heavy atom. The van der Waals surface area contributed by atoms with E-state index in [1.54, 1.807) is 83.1 Å². The highest BCUT2D eigenvalue weighted by atomic mass is 79.9. The van der Waals surface area contributed by atoms with Crippen LogP contribution in [0.2, 0.25) is 0 Å². The SMILES string of the molecule is CC(C)(C)OC(=O)N[C@@H](Cc1ccc(B2OC(C)(C)C(C)(C)O2)cc1B1OC(C)(C)C(C)(C)O1)C(=O)OC(C)(C)C.CC(C)(C)OC(=O)N[C@@H](Cc1ccc(Br)cc1Br)C(=O)OC(C)(C)C.CC1(C)OB(B2OC(C)(C)C(C)(C)O2)OC1(C)C. The normalized spacial score (nSPS) is 21.5. The highest BCUT2D eigenvalue weighted by molar-refractivity contribution is 9.11. The molecule has 0 radical (unpaired) electrons. The maximum absolute atomic E-state index is 13.3. The number of hydrogen-bond acceptors (Lipinski definition) is 16. The summed E-state index contributed by atoms with van der Waals surface area (Å²) in [7, 11) is -2.28. The summed E-state index contributed by atoms with van der Waals surface area (Å²) in [5.41, 5.74) is -3.30. The summed E-state index contributed by atoms with van der Waals surface area (Å²) in [6, 6.07) is 9.51. The fourth-order valence-corrected chi connectivity index (χ4v) is 9.48. The van der Waals surface area contributed by atoms with Crippen LogP contribution in [0.25, 0.3) is 0 Å². The number of benzene rings is 2. The number of alkyl carbamates (subject to hydrolysis) is 2. The van der Waals surface area contributed by atoms with Crippen LogP contribution in [0, 0.1) is 0 Å². The molecule has 470 valence electrons. The zero-order chi connectivity index (χ0) is 64.8. The number of amides is 2. The molecule has 0 aliphatic carbocycles. The molecule has 0 unspecified atom stereocenters. The van der Waals surface area contributed by atoms with Crippen LogP contribution in [0.1, 0.15) is 205 Å². The smallest absolute Gasteiger partial charge is 0.458 e. The van der Waals surface area contributed by atoms with Gasteiger partial charge in [0.1, 0.15) is 34.5 Å². The van der Waals surface area contributed by atoms with Gasteiger partial charge in [0.25, 0.3) is 0 Å². The van der Waals surface area contributed by atoms with Crippen molar-refractivity contribution in [3.05, 3.63) is 56.5 Å². The Balaban J connectivity index is 0.000000298. The number of nitrogens with one attached hydrogen (secondary N) is 2. The van der Waals surface area contributed by atoms with E-state index in [9.17, 15) is 19.2 Å². The van der Waals surface area contributed by atoms with Gasteiger partial charge in [-0.15, -0.1) is 0 Å². The first-order valence-electron chi connectivity index (χ1n) is 28.9. The van der Waals surface area contributed by atoms with Crippen molar-refractivity contribution < 1.29 is 75.4 Å². The lowest BCUT2D eigenvalue weighted by atomic mass is 9.49. The van der Waals surface area contributed by atoms with Crippen LogP contribution in [0.5, 0.6) is 0 Å². The Labute approximate surface area is 520 Å². The van der Waals surface area contributed by atoms with Gasteiger partial charge < -0.3 is 66.8 Å². The summed E-state index contributed by atoms with van der Waals surface area (Å²) in [6.07, 6.45) is -0.963. The summed E-state index contributed by atoms with van der Waals surface area (Å²) in [4.78, 5) is 50.7. The third-order valence-electron chi connectivity index (χ3n) is 15.6. The monoisotopic (exact) mass is 1300 g/mol. The van der Waals surface area contributed by atoms with Crippen molar-refractivity contribution in [3.8, 4) is 0 Å². The Kier molecular flexibility index (Phi) is 22.5. The second kappa shape index (κ2) is 25.7. The van der Waals surface area contributed by atoms with Gasteiger partial charge in [0.2, 0.25) is 0 Å². The van der Waals surface area contributed by atoms with Crippen LogP contribution in [0.3, 0.4) is 0 Å². The molecule has 4 fully saturated rings. The van der Waals surface area contributed by atoms with Gasteiger partial charge in [-0.05, 0) is 228 Å². The van der Waals surface area contributed by atoms with Crippen LogP contribution in [0.4, 0.5) is 9.59 Å². The van der Waals surface area contributed by atoms with Gasteiger partial charge in [-0.1, -0.05) is 56.1 Å². The van der Waals surface area contributed by atoms with Crippen molar-refractivity contribution in [2.45, 2.75) is 286 Å². The van der Waals surface area contributed by atoms with Gasteiger partial charge in [-0.2, -0.15) is 0 Å². The molecule has 2 aromatic carbocycles. The van der Waals surface area contributed by atoms with E-state index in [1.165, 1.54) is 0 Å². The van der Waals surface area contributed by atoms with Crippen LogP contribution in [-0.2, 0) is 78.6 Å². The van der Waals surface area contributed by atoms with E-state index in [-0.39, 0.29) is 35.2 Å². The lowest BCUT2D eigenvalue weighted by Crippen LogP contribution is -2.49. The Morgan fingerprint density at radius 1 is 0.429 bits per heavy atom. The van der Waals surface area contributed by atoms with Crippen molar-refractivity contribution in [3.63, 3.8) is 0 Å². The molecule has 0 aromatic heterocycles. The first kappa shape index (κ1) is 73.3. The lowest BCUT2D eigenvalue weighted by molar-refractivity contribution is -0.158. The summed E-state index contributed by atoms with van der Waals surface area (Å²) in [5.74, 6) is -1.08. The number of carbonyl (C=O) groups is 4. The van der Waals surface area contributed by atoms with E-state index in [4.69, 9.17) is 56.2 Å². The van der Waals surface area contributed by atoms with Crippen LogP contribution < -0.4 is 21.6 Å². The van der Waals surface area contributed by atoms with E-state index in [2.05, 4.69) is 42.5 Å². The molecule has 84 heavy (non-hydrogen) atoms. The Morgan fingerprint density at radius 2 is 0.726 bits per heavy atom. The fraction of sp³-hybridized carbons (Fsp3) is 0.733. The average molecular weight is 1310 g/mol. The molecule has 4 aliphatic rings. The summed E-state index contributed by atoms with van der Waals surface area (Å²) in [6.45, 7) is 53.4. The van der Waals surface area contributed by atoms with Gasteiger partial charge in [0.05, 0.1) is 44.8 Å². The van der Waals surface area contributed by atoms with Gasteiger partial charge in [0, 0.05) is 21.8 Å². The van der Waals surface area contributed by atoms with E-state index in [0.717, 1.165) is 31.0 Å². The molecule has 0 saturated carbocycles. The highest BCUT2D eigenvalue weighted by Gasteiger charge is 2.64. The third-order valence-corrected chi connectivity index (χ3v) is 16.8. The molecule has 0 bridgehead atoms. The zero-order valence-electron chi connectivity index (χ0n) is 55.6. The zero-order valence-corrected chi connectivity index (χ0v) is 58.8. The molecular formula is C60H98B4Br2N2O16. The predicted octanol–water partition coefficient (Wildman–Crippen LogP) is 11.3. The molecule has 0 spiro atoms. The quantitative estimate of drug-likeness (QED) is 0.122. The molecule has 2 amide bonds. The van der Waals surface area contributed by atoms with E-state index >= 15 is 0 Å². The third kappa shape index (κ3) is 19.9. The van der Waals surface area contributed by atoms with E-state index in [1.807, 2.05) is 147 Å². The van der Waals surface area contributed by atoms with Gasteiger partial charge >= 0.3 is 52.4 Å². The molecule has 24 heteroatoms. The fourth-order valence-electron chi connectivity index (χ4n) is 8.27. The summed E-state index contributed by atoms with van der Waals surface area (Å²) >= 11 is 6.87. The Hall–Kier alpha value is -3.18. The van der Waals surface area contributed by atoms with Crippen molar-refractivity contribution in [1.29, 1.82) is 0 Å².